The zero-order valence-electron chi connectivity index (χ0n) is 13.6. The molecule has 1 fully saturated rings. The monoisotopic (exact) mass is 338 g/mol. The predicted molar refractivity (Wildman–Crippen MR) is 88.0 cm³/mol. The van der Waals surface area contributed by atoms with E-state index in [2.05, 4.69) is 15.3 Å². The minimum Gasteiger partial charge on any atom is -0.379 e. The molecule has 1 aromatic carbocycles. The Bertz CT molecular complexity index is 687. The number of rotatable bonds is 4. The van der Waals surface area contributed by atoms with Gasteiger partial charge in [-0.15, -0.1) is 0 Å². The highest BCUT2D eigenvalue weighted by Gasteiger charge is 2.31. The number of aromatic nitrogens is 2. The van der Waals surface area contributed by atoms with E-state index in [0.29, 0.717) is 12.2 Å². The molecule has 0 amide bonds. The number of piperidine rings is 1. The van der Waals surface area contributed by atoms with E-state index in [1.54, 1.807) is 16.9 Å². The van der Waals surface area contributed by atoms with Crippen molar-refractivity contribution in [2.75, 3.05) is 23.3 Å². The van der Waals surface area contributed by atoms with Gasteiger partial charge < -0.3 is 10.2 Å². The molecule has 130 valence electrons. The van der Waals surface area contributed by atoms with E-state index in [9.17, 15) is 13.2 Å². The molecule has 1 aromatic heterocycles. The van der Waals surface area contributed by atoms with Crippen molar-refractivity contribution in [2.45, 2.75) is 32.0 Å². The Morgan fingerprint density at radius 1 is 1.17 bits per heavy atom. The van der Waals surface area contributed by atoms with E-state index in [4.69, 9.17) is 0 Å². The maximum absolute atomic E-state index is 13.1. The first kappa shape index (κ1) is 16.7. The lowest BCUT2D eigenvalue weighted by molar-refractivity contribution is -0.137. The molecule has 1 saturated heterocycles. The third-order valence-corrected chi connectivity index (χ3v) is 4.26. The van der Waals surface area contributed by atoms with Crippen LogP contribution in [0, 0.1) is 0 Å². The molecule has 0 saturated carbocycles. The van der Waals surface area contributed by atoms with Crippen molar-refractivity contribution in [2.24, 2.45) is 7.05 Å². The molecule has 2 aromatic rings. The average Bonchev–Trinajstić information content (AvgIpc) is 2.98. The van der Waals surface area contributed by atoms with E-state index in [-0.39, 0.29) is 0 Å². The number of halogens is 3. The molecule has 1 N–H and O–H groups in total. The van der Waals surface area contributed by atoms with Crippen molar-refractivity contribution < 1.29 is 13.2 Å². The lowest BCUT2D eigenvalue weighted by Crippen LogP contribution is -2.30. The maximum Gasteiger partial charge on any atom is 0.416 e. The summed E-state index contributed by atoms with van der Waals surface area (Å²) < 4.78 is 40.8. The summed E-state index contributed by atoms with van der Waals surface area (Å²) in [5.74, 6) is 0. The van der Waals surface area contributed by atoms with Crippen molar-refractivity contribution in [3.8, 4) is 0 Å². The number of anilines is 2. The zero-order chi connectivity index (χ0) is 17.2. The fourth-order valence-electron chi connectivity index (χ4n) is 3.02. The van der Waals surface area contributed by atoms with Crippen LogP contribution in [0.4, 0.5) is 24.5 Å². The number of hydrogen-bond donors (Lipinski definition) is 1. The molecule has 0 spiro atoms. The molecular formula is C17H21F3N4. The molecule has 0 radical (unpaired) electrons. The van der Waals surface area contributed by atoms with Crippen LogP contribution in [0.25, 0.3) is 0 Å². The molecule has 1 aliphatic heterocycles. The fraction of sp³-hybridized carbons (Fsp3) is 0.471. The van der Waals surface area contributed by atoms with Crippen molar-refractivity contribution in [3.05, 3.63) is 41.7 Å². The first-order valence-corrected chi connectivity index (χ1v) is 8.11. The Balaban J connectivity index is 1.86. The van der Waals surface area contributed by atoms with E-state index >= 15 is 0 Å². The largest absolute Gasteiger partial charge is 0.416 e. The normalized spacial score (nSPS) is 15.6. The van der Waals surface area contributed by atoms with Gasteiger partial charge >= 0.3 is 6.18 Å². The van der Waals surface area contributed by atoms with Gasteiger partial charge in [-0.1, -0.05) is 0 Å². The Labute approximate surface area is 139 Å². The van der Waals surface area contributed by atoms with Crippen LogP contribution in [0.15, 0.2) is 30.6 Å². The summed E-state index contributed by atoms with van der Waals surface area (Å²) in [6.07, 6.45) is 2.54. The lowest BCUT2D eigenvalue weighted by atomic mass is 10.1. The van der Waals surface area contributed by atoms with Crippen LogP contribution < -0.4 is 10.2 Å². The zero-order valence-corrected chi connectivity index (χ0v) is 13.6. The summed E-state index contributed by atoms with van der Waals surface area (Å²) in [6, 6.07) is 3.96. The van der Waals surface area contributed by atoms with Gasteiger partial charge in [0.15, 0.2) is 0 Å². The highest BCUT2D eigenvalue weighted by molar-refractivity contribution is 5.71. The van der Waals surface area contributed by atoms with E-state index in [1.165, 1.54) is 18.6 Å². The summed E-state index contributed by atoms with van der Waals surface area (Å²) in [5, 5.41) is 7.24. The Morgan fingerprint density at radius 2 is 1.92 bits per heavy atom. The molecule has 2 heterocycles. The van der Waals surface area contributed by atoms with Gasteiger partial charge in [0.25, 0.3) is 0 Å². The summed E-state index contributed by atoms with van der Waals surface area (Å²) in [7, 11) is 1.81. The van der Waals surface area contributed by atoms with Gasteiger partial charge in [0.05, 0.1) is 23.1 Å². The summed E-state index contributed by atoms with van der Waals surface area (Å²) in [5.41, 5.74) is 1.67. The standard InChI is InChI=1S/C17H21F3N4/c1-23-12-13(11-22-23)10-21-15-9-14(17(18,19)20)5-6-16(15)24-7-3-2-4-8-24/h5-6,9,11-12,21H,2-4,7-8,10H2,1H3. The molecule has 1 aliphatic rings. The van der Waals surface area contributed by atoms with E-state index < -0.39 is 11.7 Å². The number of hydrogen-bond acceptors (Lipinski definition) is 3. The number of benzene rings is 1. The van der Waals surface area contributed by atoms with Crippen LogP contribution in [0.1, 0.15) is 30.4 Å². The highest BCUT2D eigenvalue weighted by atomic mass is 19.4. The lowest BCUT2D eigenvalue weighted by Gasteiger charge is -2.31. The summed E-state index contributed by atoms with van der Waals surface area (Å²) in [4.78, 5) is 2.16. The molecule has 0 bridgehead atoms. The van der Waals surface area contributed by atoms with Crippen molar-refractivity contribution >= 4 is 11.4 Å². The third-order valence-electron chi connectivity index (χ3n) is 4.26. The average molecular weight is 338 g/mol. The van der Waals surface area contributed by atoms with Crippen molar-refractivity contribution in [1.82, 2.24) is 9.78 Å². The molecule has 0 unspecified atom stereocenters. The smallest absolute Gasteiger partial charge is 0.379 e. The van der Waals surface area contributed by atoms with Gasteiger partial charge in [-0.25, -0.2) is 0 Å². The van der Waals surface area contributed by atoms with E-state index in [1.807, 2.05) is 13.2 Å². The van der Waals surface area contributed by atoms with Gasteiger partial charge in [0, 0.05) is 38.4 Å². The maximum atomic E-state index is 13.1. The molecular weight excluding hydrogens is 317 g/mol. The van der Waals surface area contributed by atoms with Gasteiger partial charge in [0.2, 0.25) is 0 Å². The number of aryl methyl sites for hydroxylation is 1. The predicted octanol–water partition coefficient (Wildman–Crippen LogP) is 4.04. The molecule has 4 nitrogen and oxygen atoms in total. The Hall–Kier alpha value is -2.18. The number of nitrogens with zero attached hydrogens (tertiary/aromatic N) is 3. The van der Waals surface area contributed by atoms with Crippen molar-refractivity contribution in [3.63, 3.8) is 0 Å². The summed E-state index contributed by atoms with van der Waals surface area (Å²) in [6.45, 7) is 2.20. The third kappa shape index (κ3) is 3.83. The second-order valence-electron chi connectivity index (χ2n) is 6.15. The molecule has 3 rings (SSSR count). The molecule has 24 heavy (non-hydrogen) atoms. The van der Waals surface area contributed by atoms with Crippen LogP contribution in [0.2, 0.25) is 0 Å². The van der Waals surface area contributed by atoms with Crippen LogP contribution in [0.5, 0.6) is 0 Å². The van der Waals surface area contributed by atoms with Gasteiger partial charge in [-0.2, -0.15) is 18.3 Å². The first-order valence-electron chi connectivity index (χ1n) is 8.11. The van der Waals surface area contributed by atoms with Crippen molar-refractivity contribution in [1.29, 1.82) is 0 Å². The fourth-order valence-corrected chi connectivity index (χ4v) is 3.02. The van der Waals surface area contributed by atoms with E-state index in [0.717, 1.165) is 37.2 Å². The highest BCUT2D eigenvalue weighted by Crippen LogP contribution is 2.36. The Morgan fingerprint density at radius 3 is 2.54 bits per heavy atom. The first-order chi connectivity index (χ1) is 11.4. The minimum absolute atomic E-state index is 0.440. The summed E-state index contributed by atoms with van der Waals surface area (Å²) >= 11 is 0. The van der Waals surface area contributed by atoms with Crippen LogP contribution in [-0.2, 0) is 19.8 Å². The second-order valence-corrected chi connectivity index (χ2v) is 6.15. The van der Waals surface area contributed by atoms with Gasteiger partial charge in [-0.05, 0) is 37.5 Å². The molecule has 7 heteroatoms. The quantitative estimate of drug-likeness (QED) is 0.913. The van der Waals surface area contributed by atoms with Crippen LogP contribution in [-0.4, -0.2) is 22.9 Å². The molecule has 0 aliphatic carbocycles. The SMILES string of the molecule is Cn1cc(CNc2cc(C(F)(F)F)ccc2N2CCCCC2)cn1. The number of nitrogens with one attached hydrogen (secondary N) is 1. The van der Waals surface area contributed by atoms with Gasteiger partial charge in [0.1, 0.15) is 0 Å². The number of alkyl halides is 3. The minimum atomic E-state index is -4.34. The van der Waals surface area contributed by atoms with Gasteiger partial charge in [-0.3, -0.25) is 4.68 Å². The Kier molecular flexibility index (Phi) is 4.69. The van der Waals surface area contributed by atoms with Crippen LogP contribution >= 0.6 is 0 Å². The topological polar surface area (TPSA) is 33.1 Å². The second kappa shape index (κ2) is 6.75. The van der Waals surface area contributed by atoms with Crippen LogP contribution in [0.3, 0.4) is 0 Å². The molecule has 0 atom stereocenters.